The van der Waals surface area contributed by atoms with Crippen molar-refractivity contribution in [1.29, 1.82) is 0 Å². The second kappa shape index (κ2) is 5.79. The second-order valence-corrected chi connectivity index (χ2v) is 5.81. The first-order chi connectivity index (χ1) is 9.72. The van der Waals surface area contributed by atoms with Crippen molar-refractivity contribution in [3.05, 3.63) is 24.3 Å². The number of furan rings is 1. The molecule has 0 bridgehead atoms. The summed E-state index contributed by atoms with van der Waals surface area (Å²) in [4.78, 5) is 2.32. The molecule has 0 unspecified atom stereocenters. The molecule has 1 aliphatic rings. The molecule has 0 aliphatic heterocycles. The predicted octanol–water partition coefficient (Wildman–Crippen LogP) is 3.34. The lowest BCUT2D eigenvalue weighted by Crippen LogP contribution is -2.34. The van der Waals surface area contributed by atoms with E-state index >= 15 is 0 Å². The van der Waals surface area contributed by atoms with E-state index in [1.165, 1.54) is 25.7 Å². The summed E-state index contributed by atoms with van der Waals surface area (Å²) in [6.07, 6.45) is 6.76. The average Bonchev–Trinajstić information content (AvgIpc) is 3.09. The highest BCUT2D eigenvalue weighted by molar-refractivity contribution is 5.42. The van der Waals surface area contributed by atoms with Crippen LogP contribution in [0.1, 0.15) is 38.5 Å². The Balaban J connectivity index is 1.60. The third kappa shape index (κ3) is 2.93. The highest BCUT2D eigenvalue weighted by Gasteiger charge is 2.23. The zero-order valence-corrected chi connectivity index (χ0v) is 12.1. The third-order valence-electron chi connectivity index (χ3n) is 4.19. The second-order valence-electron chi connectivity index (χ2n) is 5.81. The minimum Gasteiger partial charge on any atom is -0.459 e. The van der Waals surface area contributed by atoms with E-state index in [9.17, 15) is 0 Å². The van der Waals surface area contributed by atoms with E-state index in [0.717, 1.165) is 5.92 Å². The molecule has 2 aromatic rings. The van der Waals surface area contributed by atoms with Crippen LogP contribution >= 0.6 is 0 Å². The first-order valence-corrected chi connectivity index (χ1v) is 7.29. The van der Waals surface area contributed by atoms with Crippen LogP contribution in [-0.4, -0.2) is 28.2 Å². The quantitative estimate of drug-likeness (QED) is 0.856. The van der Waals surface area contributed by atoms with Crippen molar-refractivity contribution in [2.75, 3.05) is 7.05 Å². The molecule has 0 aromatic carbocycles. The van der Waals surface area contributed by atoms with Crippen LogP contribution in [0, 0.1) is 5.92 Å². The van der Waals surface area contributed by atoms with Gasteiger partial charge >= 0.3 is 0 Å². The van der Waals surface area contributed by atoms with Gasteiger partial charge in [-0.15, -0.1) is 10.2 Å². The fraction of sp³-hybridized carbons (Fsp3) is 0.600. The fourth-order valence-electron chi connectivity index (χ4n) is 2.84. The summed E-state index contributed by atoms with van der Waals surface area (Å²) in [6.45, 7) is 3.04. The van der Waals surface area contributed by atoms with Crippen molar-refractivity contribution < 1.29 is 8.83 Å². The lowest BCUT2D eigenvalue weighted by Gasteiger charge is -2.32. The Morgan fingerprint density at radius 1 is 1.25 bits per heavy atom. The standard InChI is InChI=1S/C15H21N3O2/c1-11-5-7-12(8-6-11)18(2)10-14-16-17-15(20-14)13-4-3-9-19-13/h3-4,9,11-12H,5-8,10H2,1-2H3. The van der Waals surface area contributed by atoms with Crippen LogP contribution in [0.2, 0.25) is 0 Å². The normalized spacial score (nSPS) is 23.4. The Morgan fingerprint density at radius 3 is 2.75 bits per heavy atom. The maximum Gasteiger partial charge on any atom is 0.283 e. The predicted molar refractivity (Wildman–Crippen MR) is 74.9 cm³/mol. The summed E-state index contributed by atoms with van der Waals surface area (Å²) < 4.78 is 10.9. The lowest BCUT2D eigenvalue weighted by molar-refractivity contribution is 0.152. The number of aromatic nitrogens is 2. The third-order valence-corrected chi connectivity index (χ3v) is 4.19. The Kier molecular flexibility index (Phi) is 3.87. The topological polar surface area (TPSA) is 55.3 Å². The van der Waals surface area contributed by atoms with Gasteiger partial charge in [0.1, 0.15) is 0 Å². The highest BCUT2D eigenvalue weighted by Crippen LogP contribution is 2.27. The number of nitrogens with zero attached hydrogens (tertiary/aromatic N) is 3. The molecular weight excluding hydrogens is 254 g/mol. The molecule has 0 spiro atoms. The van der Waals surface area contributed by atoms with Gasteiger partial charge in [0.15, 0.2) is 5.76 Å². The van der Waals surface area contributed by atoms with Crippen LogP contribution in [0.5, 0.6) is 0 Å². The van der Waals surface area contributed by atoms with Crippen molar-refractivity contribution in [2.45, 2.75) is 45.2 Å². The van der Waals surface area contributed by atoms with Crippen LogP contribution in [-0.2, 0) is 6.54 Å². The van der Waals surface area contributed by atoms with Crippen LogP contribution in [0.4, 0.5) is 0 Å². The van der Waals surface area contributed by atoms with Crippen molar-refractivity contribution in [3.63, 3.8) is 0 Å². The molecule has 5 heteroatoms. The summed E-state index contributed by atoms with van der Waals surface area (Å²) >= 11 is 0. The zero-order valence-electron chi connectivity index (χ0n) is 12.1. The van der Waals surface area contributed by atoms with Gasteiger partial charge in [0, 0.05) is 6.04 Å². The molecule has 1 aliphatic carbocycles. The highest BCUT2D eigenvalue weighted by atomic mass is 16.4. The number of rotatable bonds is 4. The van der Waals surface area contributed by atoms with E-state index in [2.05, 4.69) is 29.1 Å². The zero-order chi connectivity index (χ0) is 13.9. The summed E-state index contributed by atoms with van der Waals surface area (Å²) in [5.74, 6) is 2.60. The SMILES string of the molecule is CC1CCC(N(C)Cc2nnc(-c3ccco3)o2)CC1. The van der Waals surface area contributed by atoms with E-state index in [-0.39, 0.29) is 0 Å². The van der Waals surface area contributed by atoms with Gasteiger partial charge in [-0.3, -0.25) is 4.90 Å². The summed E-state index contributed by atoms with van der Waals surface area (Å²) in [6, 6.07) is 4.27. The van der Waals surface area contributed by atoms with Crippen LogP contribution in [0.15, 0.2) is 27.2 Å². The van der Waals surface area contributed by atoms with Gasteiger partial charge in [-0.1, -0.05) is 6.92 Å². The van der Waals surface area contributed by atoms with Crippen LogP contribution in [0.3, 0.4) is 0 Å². The Bertz CT molecular complexity index is 527. The van der Waals surface area contributed by atoms with Crippen molar-refractivity contribution in [1.82, 2.24) is 15.1 Å². The van der Waals surface area contributed by atoms with Gasteiger partial charge in [0.25, 0.3) is 5.89 Å². The molecular formula is C15H21N3O2. The molecule has 3 rings (SSSR count). The molecule has 0 saturated heterocycles. The minimum atomic E-state index is 0.454. The summed E-state index contributed by atoms with van der Waals surface area (Å²) in [5, 5.41) is 8.14. The molecule has 1 saturated carbocycles. The summed E-state index contributed by atoms with van der Waals surface area (Å²) in [7, 11) is 2.14. The molecule has 20 heavy (non-hydrogen) atoms. The number of hydrogen-bond acceptors (Lipinski definition) is 5. The van der Waals surface area contributed by atoms with E-state index in [1.807, 2.05) is 12.1 Å². The van der Waals surface area contributed by atoms with E-state index < -0.39 is 0 Å². The summed E-state index contributed by atoms with van der Waals surface area (Å²) in [5.41, 5.74) is 0. The smallest absolute Gasteiger partial charge is 0.283 e. The number of hydrogen-bond donors (Lipinski definition) is 0. The first-order valence-electron chi connectivity index (χ1n) is 7.29. The molecule has 108 valence electrons. The van der Waals surface area contributed by atoms with Gasteiger partial charge < -0.3 is 8.83 Å². The maximum absolute atomic E-state index is 5.65. The van der Waals surface area contributed by atoms with Gasteiger partial charge in [-0.05, 0) is 50.8 Å². The minimum absolute atomic E-state index is 0.454. The lowest BCUT2D eigenvalue weighted by atomic mass is 9.87. The Labute approximate surface area is 119 Å². The van der Waals surface area contributed by atoms with Crippen LogP contribution < -0.4 is 0 Å². The molecule has 0 atom stereocenters. The molecule has 2 heterocycles. The largest absolute Gasteiger partial charge is 0.459 e. The van der Waals surface area contributed by atoms with Gasteiger partial charge in [0.2, 0.25) is 5.89 Å². The molecule has 2 aromatic heterocycles. The van der Waals surface area contributed by atoms with Gasteiger partial charge in [-0.2, -0.15) is 0 Å². The molecule has 0 N–H and O–H groups in total. The van der Waals surface area contributed by atoms with Crippen molar-refractivity contribution in [3.8, 4) is 11.7 Å². The van der Waals surface area contributed by atoms with E-state index in [0.29, 0.717) is 30.1 Å². The first kappa shape index (κ1) is 13.4. The average molecular weight is 275 g/mol. The van der Waals surface area contributed by atoms with E-state index in [1.54, 1.807) is 6.26 Å². The van der Waals surface area contributed by atoms with Gasteiger partial charge in [0.05, 0.1) is 12.8 Å². The maximum atomic E-state index is 5.65. The Morgan fingerprint density at radius 2 is 2.05 bits per heavy atom. The van der Waals surface area contributed by atoms with Crippen molar-refractivity contribution >= 4 is 0 Å². The van der Waals surface area contributed by atoms with Crippen molar-refractivity contribution in [2.24, 2.45) is 5.92 Å². The molecule has 0 radical (unpaired) electrons. The fourth-order valence-corrected chi connectivity index (χ4v) is 2.84. The molecule has 1 fully saturated rings. The Hall–Kier alpha value is -1.62. The monoisotopic (exact) mass is 275 g/mol. The molecule has 0 amide bonds. The van der Waals surface area contributed by atoms with E-state index in [4.69, 9.17) is 8.83 Å². The van der Waals surface area contributed by atoms with Crippen LogP contribution in [0.25, 0.3) is 11.7 Å². The van der Waals surface area contributed by atoms with Gasteiger partial charge in [-0.25, -0.2) is 0 Å². The molecule has 5 nitrogen and oxygen atoms in total.